The van der Waals surface area contributed by atoms with Gasteiger partial charge in [0.25, 0.3) is 5.91 Å². The van der Waals surface area contributed by atoms with E-state index in [0.29, 0.717) is 15.1 Å². The molecular weight excluding hydrogens is 420 g/mol. The van der Waals surface area contributed by atoms with Gasteiger partial charge in [-0.25, -0.2) is 4.99 Å². The average Bonchev–Trinajstić information content (AvgIpc) is 3.06. The van der Waals surface area contributed by atoms with E-state index in [0.717, 1.165) is 21.7 Å². The van der Waals surface area contributed by atoms with Crippen LogP contribution in [-0.2, 0) is 4.79 Å². The number of nitrogens with zero attached hydrogens (tertiary/aromatic N) is 1. The maximum absolute atomic E-state index is 12.3. The van der Waals surface area contributed by atoms with Crippen molar-refractivity contribution in [1.29, 1.82) is 0 Å². The number of benzene rings is 3. The van der Waals surface area contributed by atoms with Crippen molar-refractivity contribution >= 4 is 58.0 Å². The molecule has 3 aromatic carbocycles. The topological polar surface area (TPSA) is 41.5 Å². The van der Waals surface area contributed by atoms with Crippen LogP contribution in [0.1, 0.15) is 11.1 Å². The Labute approximate surface area is 183 Å². The number of halogens is 1. The van der Waals surface area contributed by atoms with Gasteiger partial charge in [-0.3, -0.25) is 4.79 Å². The molecule has 0 unspecified atom stereocenters. The summed E-state index contributed by atoms with van der Waals surface area (Å²) in [7, 11) is 0. The Bertz CT molecular complexity index is 1110. The molecule has 1 saturated heterocycles. The summed E-state index contributed by atoms with van der Waals surface area (Å²) in [6, 6.07) is 23.9. The molecule has 3 nitrogen and oxygen atoms in total. The lowest BCUT2D eigenvalue weighted by atomic mass is 10.2. The maximum atomic E-state index is 12.3. The largest absolute Gasteiger partial charge is 0.300 e. The second kappa shape index (κ2) is 8.91. The van der Waals surface area contributed by atoms with Crippen molar-refractivity contribution < 1.29 is 4.79 Å². The van der Waals surface area contributed by atoms with Gasteiger partial charge >= 0.3 is 0 Å². The van der Waals surface area contributed by atoms with Gasteiger partial charge < -0.3 is 5.32 Å². The van der Waals surface area contributed by atoms with Gasteiger partial charge in [-0.15, -0.1) is 0 Å². The minimum Gasteiger partial charge on any atom is -0.300 e. The van der Waals surface area contributed by atoms with Gasteiger partial charge in [0.1, 0.15) is 0 Å². The van der Waals surface area contributed by atoms with Gasteiger partial charge in [-0.1, -0.05) is 59.8 Å². The average molecular weight is 437 g/mol. The normalized spacial score (nSPS) is 16.4. The molecule has 1 fully saturated rings. The Hall–Kier alpha value is -2.47. The van der Waals surface area contributed by atoms with Crippen LogP contribution in [0.4, 0.5) is 5.69 Å². The monoisotopic (exact) mass is 436 g/mol. The van der Waals surface area contributed by atoms with Crippen LogP contribution in [0.5, 0.6) is 0 Å². The van der Waals surface area contributed by atoms with E-state index in [-0.39, 0.29) is 5.91 Å². The lowest BCUT2D eigenvalue weighted by Gasteiger charge is -2.02. The number of amidine groups is 1. The zero-order chi connectivity index (χ0) is 20.2. The third-order valence-electron chi connectivity index (χ3n) is 4.27. The van der Waals surface area contributed by atoms with E-state index in [1.807, 2.05) is 61.5 Å². The van der Waals surface area contributed by atoms with Crippen molar-refractivity contribution in [3.63, 3.8) is 0 Å². The van der Waals surface area contributed by atoms with E-state index in [9.17, 15) is 4.79 Å². The maximum Gasteiger partial charge on any atom is 0.264 e. The predicted molar refractivity (Wildman–Crippen MR) is 124 cm³/mol. The Morgan fingerprint density at radius 3 is 2.45 bits per heavy atom. The molecule has 0 bridgehead atoms. The predicted octanol–water partition coefficient (Wildman–Crippen LogP) is 6.69. The van der Waals surface area contributed by atoms with Crippen LogP contribution in [0.25, 0.3) is 6.08 Å². The fourth-order valence-corrected chi connectivity index (χ4v) is 4.56. The number of carbonyl (C=O) groups excluding carboxylic acids is 1. The molecule has 4 rings (SSSR count). The quantitative estimate of drug-likeness (QED) is 0.463. The molecule has 144 valence electrons. The molecule has 6 heteroatoms. The van der Waals surface area contributed by atoms with E-state index >= 15 is 0 Å². The van der Waals surface area contributed by atoms with E-state index in [2.05, 4.69) is 34.6 Å². The van der Waals surface area contributed by atoms with E-state index in [1.54, 1.807) is 11.8 Å². The molecule has 1 amide bonds. The standard InChI is InChI=1S/C23H17ClN2OS2/c1-15-19(24)8-5-9-20(15)25-23-26-22(27)21(29-23)14-16-10-12-18(13-11-16)28-17-6-3-2-4-7-17/h2-14H,1H3,(H,25,26,27)/b21-14+. The van der Waals surface area contributed by atoms with Crippen LogP contribution in [0.15, 0.2) is 92.5 Å². The highest BCUT2D eigenvalue weighted by Gasteiger charge is 2.24. The third-order valence-corrected chi connectivity index (χ3v) is 6.60. The SMILES string of the molecule is Cc1c(Cl)cccc1N=C1NC(=O)/C(=C\c2ccc(Sc3ccccc3)cc2)S1. The number of nitrogens with one attached hydrogen (secondary N) is 1. The van der Waals surface area contributed by atoms with Gasteiger partial charge in [0, 0.05) is 14.8 Å². The third kappa shape index (κ3) is 4.93. The summed E-state index contributed by atoms with van der Waals surface area (Å²) in [6.07, 6.45) is 1.88. The second-order valence-corrected chi connectivity index (χ2v) is 8.93. The van der Waals surface area contributed by atoms with Crippen LogP contribution in [0.3, 0.4) is 0 Å². The molecule has 1 N–H and O–H groups in total. The van der Waals surface area contributed by atoms with Gasteiger partial charge in [0.2, 0.25) is 0 Å². The molecule has 1 aliphatic heterocycles. The van der Waals surface area contributed by atoms with E-state index in [4.69, 9.17) is 11.6 Å². The van der Waals surface area contributed by atoms with Gasteiger partial charge in [-0.2, -0.15) is 0 Å². The van der Waals surface area contributed by atoms with Crippen LogP contribution >= 0.6 is 35.1 Å². The lowest BCUT2D eigenvalue weighted by molar-refractivity contribution is -0.115. The molecule has 0 saturated carbocycles. The van der Waals surface area contributed by atoms with Crippen LogP contribution in [0, 0.1) is 6.92 Å². The van der Waals surface area contributed by atoms with Crippen molar-refractivity contribution in [1.82, 2.24) is 5.32 Å². The molecule has 3 aromatic rings. The van der Waals surface area contributed by atoms with Crippen molar-refractivity contribution in [3.05, 3.63) is 93.9 Å². The van der Waals surface area contributed by atoms with Gasteiger partial charge in [-0.05, 0) is 72.3 Å². The summed E-state index contributed by atoms with van der Waals surface area (Å²) in [5.41, 5.74) is 2.62. The Morgan fingerprint density at radius 1 is 0.966 bits per heavy atom. The van der Waals surface area contributed by atoms with Crippen LogP contribution < -0.4 is 5.32 Å². The highest BCUT2D eigenvalue weighted by atomic mass is 35.5. The van der Waals surface area contributed by atoms with Crippen molar-refractivity contribution in [3.8, 4) is 0 Å². The number of carbonyl (C=O) groups is 1. The smallest absolute Gasteiger partial charge is 0.264 e. The second-order valence-electron chi connectivity index (χ2n) is 6.35. The molecular formula is C23H17ClN2OS2. The van der Waals surface area contributed by atoms with E-state index in [1.165, 1.54) is 16.7 Å². The molecule has 0 atom stereocenters. The van der Waals surface area contributed by atoms with Gasteiger partial charge in [0.05, 0.1) is 10.6 Å². The number of hydrogen-bond acceptors (Lipinski definition) is 4. The summed E-state index contributed by atoms with van der Waals surface area (Å²) in [6.45, 7) is 1.91. The molecule has 0 aromatic heterocycles. The fraction of sp³-hybridized carbons (Fsp3) is 0.0435. The Morgan fingerprint density at radius 2 is 1.69 bits per heavy atom. The Balaban J connectivity index is 1.49. The molecule has 0 spiro atoms. The summed E-state index contributed by atoms with van der Waals surface area (Å²) in [5.74, 6) is -0.142. The minimum atomic E-state index is -0.142. The number of hydrogen-bond donors (Lipinski definition) is 1. The molecule has 1 aliphatic rings. The number of thioether (sulfide) groups is 1. The summed E-state index contributed by atoms with van der Waals surface area (Å²) < 4.78 is 0. The first-order chi connectivity index (χ1) is 14.1. The minimum absolute atomic E-state index is 0.142. The highest BCUT2D eigenvalue weighted by molar-refractivity contribution is 8.18. The van der Waals surface area contributed by atoms with E-state index < -0.39 is 0 Å². The summed E-state index contributed by atoms with van der Waals surface area (Å²) in [5, 5.41) is 4.04. The number of rotatable bonds is 4. The molecule has 29 heavy (non-hydrogen) atoms. The zero-order valence-corrected chi connectivity index (χ0v) is 17.9. The van der Waals surface area contributed by atoms with Crippen molar-refractivity contribution in [2.45, 2.75) is 16.7 Å². The van der Waals surface area contributed by atoms with Gasteiger partial charge in [0.15, 0.2) is 5.17 Å². The molecule has 0 aliphatic carbocycles. The van der Waals surface area contributed by atoms with Crippen LogP contribution in [-0.4, -0.2) is 11.1 Å². The molecule has 0 radical (unpaired) electrons. The van der Waals surface area contributed by atoms with Crippen molar-refractivity contribution in [2.24, 2.45) is 4.99 Å². The molecule has 1 heterocycles. The van der Waals surface area contributed by atoms with Crippen molar-refractivity contribution in [2.75, 3.05) is 0 Å². The first-order valence-electron chi connectivity index (χ1n) is 8.96. The lowest BCUT2D eigenvalue weighted by Crippen LogP contribution is -2.19. The Kier molecular flexibility index (Phi) is 6.09. The highest BCUT2D eigenvalue weighted by Crippen LogP contribution is 2.32. The first-order valence-corrected chi connectivity index (χ1v) is 11.0. The fourth-order valence-electron chi connectivity index (χ4n) is 2.72. The zero-order valence-electron chi connectivity index (χ0n) is 15.6. The summed E-state index contributed by atoms with van der Waals surface area (Å²) >= 11 is 9.19. The first kappa shape index (κ1) is 19.8. The van der Waals surface area contributed by atoms with Crippen LogP contribution in [0.2, 0.25) is 5.02 Å². The summed E-state index contributed by atoms with van der Waals surface area (Å²) in [4.78, 5) is 19.8. The number of amides is 1. The number of aliphatic imine (C=N–C) groups is 1.